The maximum atomic E-state index is 11.9. The standard InChI is InChI=1S/C15H18N4O/c1-19-9-14(18-10-19)15(20)17-8-13-6-11-4-2-3-5-12(11)7-16-13/h2-5,9-10,13,16H,6-8H2,1H3,(H,17,20). The lowest BCUT2D eigenvalue weighted by Gasteiger charge is -2.26. The van der Waals surface area contributed by atoms with Gasteiger partial charge < -0.3 is 15.2 Å². The Kier molecular flexibility index (Phi) is 3.52. The summed E-state index contributed by atoms with van der Waals surface area (Å²) in [5, 5.41) is 6.38. The summed E-state index contributed by atoms with van der Waals surface area (Å²) in [4.78, 5) is 16.0. The molecule has 104 valence electrons. The van der Waals surface area contributed by atoms with E-state index in [-0.39, 0.29) is 11.9 Å². The van der Waals surface area contributed by atoms with Crippen molar-refractivity contribution in [2.75, 3.05) is 6.54 Å². The molecule has 2 aromatic rings. The van der Waals surface area contributed by atoms with Gasteiger partial charge in [-0.15, -0.1) is 0 Å². The van der Waals surface area contributed by atoms with Crippen molar-refractivity contribution in [3.63, 3.8) is 0 Å². The number of imidazole rings is 1. The molecule has 1 aromatic carbocycles. The first-order chi connectivity index (χ1) is 9.72. The molecule has 0 saturated carbocycles. The molecule has 3 rings (SSSR count). The fraction of sp³-hybridized carbons (Fsp3) is 0.333. The summed E-state index contributed by atoms with van der Waals surface area (Å²) in [5.41, 5.74) is 3.17. The summed E-state index contributed by atoms with van der Waals surface area (Å²) in [6.45, 7) is 1.48. The average molecular weight is 270 g/mol. The van der Waals surface area contributed by atoms with E-state index in [0.717, 1.165) is 13.0 Å². The molecule has 5 nitrogen and oxygen atoms in total. The monoisotopic (exact) mass is 270 g/mol. The quantitative estimate of drug-likeness (QED) is 0.870. The molecular weight excluding hydrogens is 252 g/mol. The molecular formula is C15H18N4O. The molecule has 1 unspecified atom stereocenters. The lowest BCUT2D eigenvalue weighted by molar-refractivity contribution is 0.0944. The van der Waals surface area contributed by atoms with Gasteiger partial charge in [-0.2, -0.15) is 0 Å². The van der Waals surface area contributed by atoms with E-state index in [1.807, 2.05) is 7.05 Å². The number of aromatic nitrogens is 2. The van der Waals surface area contributed by atoms with Gasteiger partial charge >= 0.3 is 0 Å². The van der Waals surface area contributed by atoms with Gasteiger partial charge in [0.15, 0.2) is 0 Å². The van der Waals surface area contributed by atoms with Crippen molar-refractivity contribution >= 4 is 5.91 Å². The number of carbonyl (C=O) groups is 1. The molecule has 2 heterocycles. The first kappa shape index (κ1) is 12.9. The summed E-state index contributed by atoms with van der Waals surface area (Å²) in [6, 6.07) is 8.70. The van der Waals surface area contributed by atoms with E-state index in [0.29, 0.717) is 12.2 Å². The maximum Gasteiger partial charge on any atom is 0.271 e. The van der Waals surface area contributed by atoms with Gasteiger partial charge in [-0.3, -0.25) is 4.79 Å². The first-order valence-corrected chi connectivity index (χ1v) is 6.78. The van der Waals surface area contributed by atoms with Gasteiger partial charge in [0.2, 0.25) is 0 Å². The van der Waals surface area contributed by atoms with E-state index in [1.54, 1.807) is 17.1 Å². The van der Waals surface area contributed by atoms with E-state index in [1.165, 1.54) is 11.1 Å². The number of carbonyl (C=O) groups excluding carboxylic acids is 1. The molecule has 1 aliphatic heterocycles. The van der Waals surface area contributed by atoms with Crippen molar-refractivity contribution in [3.05, 3.63) is 53.6 Å². The van der Waals surface area contributed by atoms with Crippen LogP contribution in [-0.4, -0.2) is 28.0 Å². The third-order valence-electron chi connectivity index (χ3n) is 3.61. The highest BCUT2D eigenvalue weighted by atomic mass is 16.1. The van der Waals surface area contributed by atoms with Gasteiger partial charge in [0.25, 0.3) is 5.91 Å². The van der Waals surface area contributed by atoms with Gasteiger partial charge in [-0.05, 0) is 17.5 Å². The predicted molar refractivity (Wildman–Crippen MR) is 76.3 cm³/mol. The summed E-state index contributed by atoms with van der Waals surface area (Å²) >= 11 is 0. The van der Waals surface area contributed by atoms with Crippen LogP contribution in [0.25, 0.3) is 0 Å². The van der Waals surface area contributed by atoms with Crippen molar-refractivity contribution < 1.29 is 4.79 Å². The van der Waals surface area contributed by atoms with Crippen molar-refractivity contribution in [1.29, 1.82) is 0 Å². The topological polar surface area (TPSA) is 59.0 Å². The minimum atomic E-state index is -0.119. The number of amides is 1. The van der Waals surface area contributed by atoms with Crippen LogP contribution in [0, 0.1) is 0 Å². The van der Waals surface area contributed by atoms with Crippen LogP contribution in [0.2, 0.25) is 0 Å². The van der Waals surface area contributed by atoms with E-state index in [9.17, 15) is 4.79 Å². The zero-order valence-electron chi connectivity index (χ0n) is 11.5. The van der Waals surface area contributed by atoms with E-state index >= 15 is 0 Å². The smallest absolute Gasteiger partial charge is 0.271 e. The Morgan fingerprint density at radius 2 is 2.25 bits per heavy atom. The van der Waals surface area contributed by atoms with Crippen LogP contribution in [0.5, 0.6) is 0 Å². The van der Waals surface area contributed by atoms with E-state index in [2.05, 4.69) is 39.9 Å². The minimum absolute atomic E-state index is 0.119. The number of benzene rings is 1. The molecule has 0 spiro atoms. The zero-order chi connectivity index (χ0) is 13.9. The third kappa shape index (κ3) is 2.72. The van der Waals surface area contributed by atoms with Gasteiger partial charge in [-0.1, -0.05) is 24.3 Å². The normalized spacial score (nSPS) is 17.6. The first-order valence-electron chi connectivity index (χ1n) is 6.78. The fourth-order valence-corrected chi connectivity index (χ4v) is 2.50. The molecule has 1 aromatic heterocycles. The molecule has 0 bridgehead atoms. The lowest BCUT2D eigenvalue weighted by atomic mass is 9.96. The van der Waals surface area contributed by atoms with Gasteiger partial charge in [-0.25, -0.2) is 4.98 Å². The Morgan fingerprint density at radius 3 is 3.00 bits per heavy atom. The minimum Gasteiger partial charge on any atom is -0.349 e. The summed E-state index contributed by atoms with van der Waals surface area (Å²) in [5.74, 6) is -0.119. The number of nitrogens with one attached hydrogen (secondary N) is 2. The van der Waals surface area contributed by atoms with Crippen LogP contribution >= 0.6 is 0 Å². The largest absolute Gasteiger partial charge is 0.349 e. The van der Waals surface area contributed by atoms with Crippen LogP contribution in [-0.2, 0) is 20.0 Å². The summed E-state index contributed by atoms with van der Waals surface area (Å²) < 4.78 is 1.77. The van der Waals surface area contributed by atoms with Crippen LogP contribution < -0.4 is 10.6 Å². The fourth-order valence-electron chi connectivity index (χ4n) is 2.50. The molecule has 1 amide bonds. The number of hydrogen-bond donors (Lipinski definition) is 2. The predicted octanol–water partition coefficient (Wildman–Crippen LogP) is 0.864. The van der Waals surface area contributed by atoms with Gasteiger partial charge in [0, 0.05) is 32.4 Å². The molecule has 20 heavy (non-hydrogen) atoms. The molecule has 5 heteroatoms. The van der Waals surface area contributed by atoms with Gasteiger partial charge in [0.05, 0.1) is 6.33 Å². The number of fused-ring (bicyclic) bond motifs is 1. The third-order valence-corrected chi connectivity index (χ3v) is 3.61. The molecule has 0 saturated heterocycles. The van der Waals surface area contributed by atoms with Crippen molar-refractivity contribution in [2.24, 2.45) is 7.05 Å². The van der Waals surface area contributed by atoms with E-state index in [4.69, 9.17) is 0 Å². The number of hydrogen-bond acceptors (Lipinski definition) is 3. The number of aryl methyl sites for hydroxylation is 1. The second-order valence-electron chi connectivity index (χ2n) is 5.19. The van der Waals surface area contributed by atoms with Crippen molar-refractivity contribution in [2.45, 2.75) is 19.0 Å². The SMILES string of the molecule is Cn1cnc(C(=O)NCC2Cc3ccccc3CN2)c1. The second kappa shape index (κ2) is 5.46. The number of nitrogens with zero attached hydrogens (tertiary/aromatic N) is 2. The van der Waals surface area contributed by atoms with Crippen LogP contribution in [0.15, 0.2) is 36.8 Å². The Bertz CT molecular complexity index is 620. The van der Waals surface area contributed by atoms with Crippen LogP contribution in [0.4, 0.5) is 0 Å². The second-order valence-corrected chi connectivity index (χ2v) is 5.19. The average Bonchev–Trinajstić information content (AvgIpc) is 2.91. The highest BCUT2D eigenvalue weighted by molar-refractivity contribution is 5.92. The Morgan fingerprint density at radius 1 is 1.45 bits per heavy atom. The van der Waals surface area contributed by atoms with Crippen molar-refractivity contribution in [3.8, 4) is 0 Å². The highest BCUT2D eigenvalue weighted by Gasteiger charge is 2.18. The molecule has 0 aliphatic carbocycles. The Labute approximate surface area is 118 Å². The van der Waals surface area contributed by atoms with Gasteiger partial charge in [0.1, 0.15) is 5.69 Å². The molecule has 1 aliphatic rings. The molecule has 0 radical (unpaired) electrons. The summed E-state index contributed by atoms with van der Waals surface area (Å²) in [6.07, 6.45) is 4.29. The summed E-state index contributed by atoms with van der Waals surface area (Å²) in [7, 11) is 1.85. The highest BCUT2D eigenvalue weighted by Crippen LogP contribution is 2.15. The molecule has 1 atom stereocenters. The Balaban J connectivity index is 1.56. The zero-order valence-corrected chi connectivity index (χ0v) is 11.5. The maximum absolute atomic E-state index is 11.9. The Hall–Kier alpha value is -2.14. The van der Waals surface area contributed by atoms with Crippen LogP contribution in [0.1, 0.15) is 21.6 Å². The van der Waals surface area contributed by atoms with E-state index < -0.39 is 0 Å². The molecule has 0 fully saturated rings. The lowest BCUT2D eigenvalue weighted by Crippen LogP contribution is -2.44. The number of rotatable bonds is 3. The molecule has 2 N–H and O–H groups in total. The van der Waals surface area contributed by atoms with Crippen LogP contribution in [0.3, 0.4) is 0 Å². The van der Waals surface area contributed by atoms with Crippen molar-refractivity contribution in [1.82, 2.24) is 20.2 Å².